The standard InChI is InChI=1S/C17H23N3O2S/c1-11-13(3)23-17(18-11)19-16(21)10-20(4)12(2)14-8-6-7-9-15(14)22-5/h6-9,12H,10H2,1-5H3,(H,18,19,21)/t12-/m0/s1. The van der Waals surface area contributed by atoms with Crippen molar-refractivity contribution >= 4 is 22.4 Å². The zero-order chi connectivity index (χ0) is 17.0. The molecule has 0 aliphatic rings. The summed E-state index contributed by atoms with van der Waals surface area (Å²) in [4.78, 5) is 19.7. The summed E-state index contributed by atoms with van der Waals surface area (Å²) in [5.41, 5.74) is 2.02. The molecule has 1 atom stereocenters. The van der Waals surface area contributed by atoms with Gasteiger partial charge in [-0.05, 0) is 33.9 Å². The molecule has 1 aromatic carbocycles. The highest BCUT2D eigenvalue weighted by molar-refractivity contribution is 7.15. The third-order valence-electron chi connectivity index (χ3n) is 3.92. The number of thiazole rings is 1. The summed E-state index contributed by atoms with van der Waals surface area (Å²) in [5, 5.41) is 3.52. The van der Waals surface area contributed by atoms with E-state index < -0.39 is 0 Å². The van der Waals surface area contributed by atoms with E-state index in [1.165, 1.54) is 11.3 Å². The molecule has 5 nitrogen and oxygen atoms in total. The number of nitrogens with zero attached hydrogens (tertiary/aromatic N) is 2. The van der Waals surface area contributed by atoms with Gasteiger partial charge in [0, 0.05) is 16.5 Å². The first-order valence-electron chi connectivity index (χ1n) is 7.49. The van der Waals surface area contributed by atoms with E-state index in [0.717, 1.165) is 21.9 Å². The number of hydrogen-bond acceptors (Lipinski definition) is 5. The zero-order valence-electron chi connectivity index (χ0n) is 14.2. The Morgan fingerprint density at radius 3 is 2.70 bits per heavy atom. The number of methoxy groups -OCH3 is 1. The number of carbonyl (C=O) groups is 1. The number of para-hydroxylation sites is 1. The fourth-order valence-corrected chi connectivity index (χ4v) is 3.13. The smallest absolute Gasteiger partial charge is 0.240 e. The lowest BCUT2D eigenvalue weighted by Gasteiger charge is -2.25. The van der Waals surface area contributed by atoms with Gasteiger partial charge >= 0.3 is 0 Å². The normalized spacial score (nSPS) is 12.3. The minimum absolute atomic E-state index is 0.0664. The molecule has 1 heterocycles. The third-order valence-corrected chi connectivity index (χ3v) is 4.91. The molecule has 0 radical (unpaired) electrons. The highest BCUT2D eigenvalue weighted by atomic mass is 32.1. The third kappa shape index (κ3) is 4.30. The van der Waals surface area contributed by atoms with Crippen LogP contribution in [0.1, 0.15) is 29.1 Å². The zero-order valence-corrected chi connectivity index (χ0v) is 15.0. The van der Waals surface area contributed by atoms with E-state index in [2.05, 4.69) is 17.2 Å². The summed E-state index contributed by atoms with van der Waals surface area (Å²) >= 11 is 1.50. The van der Waals surface area contributed by atoms with E-state index in [9.17, 15) is 4.79 Å². The number of aromatic nitrogens is 1. The fraction of sp³-hybridized carbons (Fsp3) is 0.412. The maximum absolute atomic E-state index is 12.2. The molecule has 0 unspecified atom stereocenters. The molecule has 0 bridgehead atoms. The van der Waals surface area contributed by atoms with Gasteiger partial charge in [-0.15, -0.1) is 11.3 Å². The van der Waals surface area contributed by atoms with Gasteiger partial charge in [0.2, 0.25) is 5.91 Å². The van der Waals surface area contributed by atoms with Gasteiger partial charge in [-0.25, -0.2) is 4.98 Å². The molecular formula is C17H23N3O2S. The molecule has 23 heavy (non-hydrogen) atoms. The maximum atomic E-state index is 12.2. The van der Waals surface area contributed by atoms with E-state index in [1.807, 2.05) is 50.1 Å². The number of amides is 1. The quantitative estimate of drug-likeness (QED) is 0.880. The highest BCUT2D eigenvalue weighted by Gasteiger charge is 2.18. The van der Waals surface area contributed by atoms with Gasteiger partial charge in [-0.1, -0.05) is 18.2 Å². The Labute approximate surface area is 141 Å². The Morgan fingerprint density at radius 1 is 1.39 bits per heavy atom. The maximum Gasteiger partial charge on any atom is 0.240 e. The molecule has 2 aromatic rings. The van der Waals surface area contributed by atoms with Crippen LogP contribution in [0.5, 0.6) is 5.75 Å². The summed E-state index contributed by atoms with van der Waals surface area (Å²) in [6.45, 7) is 6.29. The van der Waals surface area contributed by atoms with Crippen molar-refractivity contribution in [1.82, 2.24) is 9.88 Å². The second-order valence-corrected chi connectivity index (χ2v) is 6.75. The number of ether oxygens (including phenoxy) is 1. The van der Waals surface area contributed by atoms with Crippen LogP contribution >= 0.6 is 11.3 Å². The van der Waals surface area contributed by atoms with Gasteiger partial charge in [0.1, 0.15) is 5.75 Å². The second-order valence-electron chi connectivity index (χ2n) is 5.54. The van der Waals surface area contributed by atoms with Crippen LogP contribution in [0.4, 0.5) is 5.13 Å². The van der Waals surface area contributed by atoms with Crippen molar-refractivity contribution in [3.05, 3.63) is 40.4 Å². The topological polar surface area (TPSA) is 54.5 Å². The molecule has 0 saturated heterocycles. The van der Waals surface area contributed by atoms with Gasteiger partial charge in [-0.3, -0.25) is 9.69 Å². The number of likely N-dealkylation sites (N-methyl/N-ethyl adjacent to an activating group) is 1. The van der Waals surface area contributed by atoms with E-state index in [-0.39, 0.29) is 18.5 Å². The predicted octanol–water partition coefficient (Wildman–Crippen LogP) is 3.40. The van der Waals surface area contributed by atoms with Crippen molar-refractivity contribution in [2.24, 2.45) is 0 Å². The van der Waals surface area contributed by atoms with Gasteiger partial charge in [0.15, 0.2) is 5.13 Å². The van der Waals surface area contributed by atoms with E-state index >= 15 is 0 Å². The lowest BCUT2D eigenvalue weighted by Crippen LogP contribution is -2.32. The average molecular weight is 333 g/mol. The van der Waals surface area contributed by atoms with E-state index in [4.69, 9.17) is 4.74 Å². The number of hydrogen-bond donors (Lipinski definition) is 1. The number of rotatable bonds is 6. The number of benzene rings is 1. The Morgan fingerprint density at radius 2 is 2.09 bits per heavy atom. The molecule has 0 saturated carbocycles. The van der Waals surface area contributed by atoms with Gasteiger partial charge in [0.05, 0.1) is 19.3 Å². The van der Waals surface area contributed by atoms with Crippen molar-refractivity contribution < 1.29 is 9.53 Å². The van der Waals surface area contributed by atoms with Crippen LogP contribution in [0.3, 0.4) is 0 Å². The van der Waals surface area contributed by atoms with Crippen molar-refractivity contribution in [3.8, 4) is 5.75 Å². The molecule has 0 spiro atoms. The lowest BCUT2D eigenvalue weighted by atomic mass is 10.1. The molecule has 6 heteroatoms. The van der Waals surface area contributed by atoms with Gasteiger partial charge in [-0.2, -0.15) is 0 Å². The van der Waals surface area contributed by atoms with Crippen molar-refractivity contribution in [2.45, 2.75) is 26.8 Å². The molecule has 0 fully saturated rings. The van der Waals surface area contributed by atoms with E-state index in [1.54, 1.807) is 7.11 Å². The van der Waals surface area contributed by atoms with Crippen molar-refractivity contribution in [1.29, 1.82) is 0 Å². The van der Waals surface area contributed by atoms with Crippen LogP contribution < -0.4 is 10.1 Å². The largest absolute Gasteiger partial charge is 0.496 e. The van der Waals surface area contributed by atoms with Crippen LogP contribution in [-0.4, -0.2) is 36.5 Å². The van der Waals surface area contributed by atoms with Gasteiger partial charge in [0.25, 0.3) is 0 Å². The summed E-state index contributed by atoms with van der Waals surface area (Å²) in [7, 11) is 3.58. The molecule has 0 aliphatic heterocycles. The van der Waals surface area contributed by atoms with Crippen LogP contribution in [0.15, 0.2) is 24.3 Å². The van der Waals surface area contributed by atoms with Crippen molar-refractivity contribution in [2.75, 3.05) is 26.0 Å². The Hall–Kier alpha value is -1.92. The van der Waals surface area contributed by atoms with Crippen LogP contribution in [0.25, 0.3) is 0 Å². The van der Waals surface area contributed by atoms with Gasteiger partial charge < -0.3 is 10.1 Å². The van der Waals surface area contributed by atoms with Crippen molar-refractivity contribution in [3.63, 3.8) is 0 Å². The molecule has 0 aliphatic carbocycles. The lowest BCUT2D eigenvalue weighted by molar-refractivity contribution is -0.117. The van der Waals surface area contributed by atoms with E-state index in [0.29, 0.717) is 5.13 Å². The number of nitrogens with one attached hydrogen (secondary N) is 1. The summed E-state index contributed by atoms with van der Waals surface area (Å²) in [6.07, 6.45) is 0. The minimum Gasteiger partial charge on any atom is -0.496 e. The Bertz CT molecular complexity index is 665. The average Bonchev–Trinajstić information content (AvgIpc) is 2.83. The van der Waals surface area contributed by atoms with Crippen LogP contribution in [0.2, 0.25) is 0 Å². The summed E-state index contributed by atoms with van der Waals surface area (Å²) in [6, 6.07) is 7.93. The summed E-state index contributed by atoms with van der Waals surface area (Å²) < 4.78 is 5.40. The molecule has 1 N–H and O–H groups in total. The number of anilines is 1. The first-order chi connectivity index (χ1) is 10.9. The SMILES string of the molecule is COc1ccccc1[C@H](C)N(C)CC(=O)Nc1nc(C)c(C)s1. The number of aryl methyl sites for hydroxylation is 2. The van der Waals surface area contributed by atoms with Crippen LogP contribution in [-0.2, 0) is 4.79 Å². The first-order valence-corrected chi connectivity index (χ1v) is 8.31. The number of carbonyl (C=O) groups excluding carboxylic acids is 1. The fourth-order valence-electron chi connectivity index (χ4n) is 2.30. The molecule has 1 amide bonds. The molecule has 124 valence electrons. The Balaban J connectivity index is 2.00. The summed E-state index contributed by atoms with van der Waals surface area (Å²) in [5.74, 6) is 0.765. The predicted molar refractivity (Wildman–Crippen MR) is 94.3 cm³/mol. The molecular weight excluding hydrogens is 310 g/mol. The molecule has 1 aromatic heterocycles. The minimum atomic E-state index is -0.0667. The first kappa shape index (κ1) is 17.4. The second kappa shape index (κ2) is 7.57. The van der Waals surface area contributed by atoms with Crippen LogP contribution in [0, 0.1) is 13.8 Å². The monoisotopic (exact) mass is 333 g/mol. The molecule has 2 rings (SSSR count). The highest BCUT2D eigenvalue weighted by Crippen LogP contribution is 2.28. The Kier molecular flexibility index (Phi) is 5.74.